The molecule has 0 atom stereocenters. The van der Waals surface area contributed by atoms with Gasteiger partial charge in [-0.3, -0.25) is 4.79 Å². The second kappa shape index (κ2) is 9.60. The summed E-state index contributed by atoms with van der Waals surface area (Å²) in [6.07, 6.45) is 0. The van der Waals surface area contributed by atoms with Crippen LogP contribution in [0.1, 0.15) is 25.5 Å². The lowest BCUT2D eigenvalue weighted by Gasteiger charge is -2.31. The molecule has 29 heavy (non-hydrogen) atoms. The number of nitrogens with one attached hydrogen (secondary N) is 1. The maximum absolute atomic E-state index is 12.6. The molecule has 0 aliphatic carbocycles. The summed E-state index contributed by atoms with van der Waals surface area (Å²) in [5, 5.41) is 7.18. The highest BCUT2D eigenvalue weighted by atomic mass is 16.5. The minimum Gasteiger partial charge on any atom is -0.492 e. The van der Waals surface area contributed by atoms with Crippen molar-refractivity contribution in [3.05, 3.63) is 23.8 Å². The molecule has 0 unspecified atom stereocenters. The lowest BCUT2D eigenvalue weighted by Crippen LogP contribution is -2.36. The van der Waals surface area contributed by atoms with Crippen molar-refractivity contribution in [3.8, 4) is 11.5 Å². The van der Waals surface area contributed by atoms with Crippen molar-refractivity contribution >= 4 is 17.3 Å². The van der Waals surface area contributed by atoms with Gasteiger partial charge in [0, 0.05) is 25.2 Å². The molecule has 0 saturated carbocycles. The summed E-state index contributed by atoms with van der Waals surface area (Å²) >= 11 is 0. The van der Waals surface area contributed by atoms with Crippen molar-refractivity contribution in [1.29, 1.82) is 0 Å². The Kier molecular flexibility index (Phi) is 6.92. The fourth-order valence-electron chi connectivity index (χ4n) is 3.28. The number of hydrogen-bond donors (Lipinski definition) is 1. The van der Waals surface area contributed by atoms with Gasteiger partial charge in [-0.25, -0.2) is 9.67 Å². The second-order valence-corrected chi connectivity index (χ2v) is 6.69. The van der Waals surface area contributed by atoms with E-state index >= 15 is 0 Å². The number of morpholine rings is 1. The van der Waals surface area contributed by atoms with Crippen molar-refractivity contribution in [1.82, 2.24) is 14.8 Å². The molecule has 0 radical (unpaired) electrons. The first kappa shape index (κ1) is 20.9. The number of aryl methyl sites for hydroxylation is 2. The van der Waals surface area contributed by atoms with Crippen LogP contribution in [0.4, 0.5) is 11.4 Å². The number of rotatable bonds is 8. The highest BCUT2D eigenvalue weighted by Crippen LogP contribution is 2.39. The molecule has 3 rings (SSSR count). The number of aromatic nitrogens is 3. The summed E-state index contributed by atoms with van der Waals surface area (Å²) in [6, 6.07) is 3.76. The molecular weight excluding hydrogens is 374 g/mol. The summed E-state index contributed by atoms with van der Waals surface area (Å²) in [6.45, 7) is 11.5. The molecule has 0 bridgehead atoms. The first-order valence-corrected chi connectivity index (χ1v) is 9.96. The summed E-state index contributed by atoms with van der Waals surface area (Å²) in [5.41, 5.74) is 1.52. The molecule has 9 nitrogen and oxygen atoms in total. The Balaban J connectivity index is 1.86. The number of carbonyl (C=O) groups excluding carboxylic acids is 1. The van der Waals surface area contributed by atoms with Crippen molar-refractivity contribution in [2.45, 2.75) is 34.2 Å². The SMILES string of the molecule is CCOc1cc(N2CCOCC2)c(OCC)cc1NC(=O)Cn1nc(C)nc1C. The molecule has 1 N–H and O–H groups in total. The largest absolute Gasteiger partial charge is 0.492 e. The number of ether oxygens (including phenoxy) is 3. The van der Waals surface area contributed by atoms with Gasteiger partial charge in [-0.15, -0.1) is 0 Å². The molecule has 1 saturated heterocycles. The smallest absolute Gasteiger partial charge is 0.246 e. The van der Waals surface area contributed by atoms with Gasteiger partial charge in [-0.1, -0.05) is 0 Å². The van der Waals surface area contributed by atoms with Crippen LogP contribution < -0.4 is 19.7 Å². The predicted octanol–water partition coefficient (Wildman–Crippen LogP) is 2.17. The van der Waals surface area contributed by atoms with Crippen LogP contribution in [0.3, 0.4) is 0 Å². The Hall–Kier alpha value is -2.81. The molecule has 158 valence electrons. The Bertz CT molecular complexity index is 846. The van der Waals surface area contributed by atoms with Crippen LogP contribution in [0.25, 0.3) is 0 Å². The van der Waals surface area contributed by atoms with Gasteiger partial charge in [0.25, 0.3) is 0 Å². The number of hydrogen-bond acceptors (Lipinski definition) is 7. The summed E-state index contributed by atoms with van der Waals surface area (Å²) in [7, 11) is 0. The van der Waals surface area contributed by atoms with Gasteiger partial charge in [-0.05, 0) is 27.7 Å². The van der Waals surface area contributed by atoms with E-state index in [4.69, 9.17) is 14.2 Å². The maximum Gasteiger partial charge on any atom is 0.246 e. The molecule has 1 aromatic carbocycles. The normalized spacial score (nSPS) is 14.0. The molecule has 0 spiro atoms. The number of carbonyl (C=O) groups is 1. The minimum absolute atomic E-state index is 0.0768. The topological polar surface area (TPSA) is 90.7 Å². The highest BCUT2D eigenvalue weighted by Gasteiger charge is 2.20. The first-order valence-electron chi connectivity index (χ1n) is 9.96. The lowest BCUT2D eigenvalue weighted by atomic mass is 10.2. The van der Waals surface area contributed by atoms with Gasteiger partial charge < -0.3 is 24.4 Å². The van der Waals surface area contributed by atoms with Crippen LogP contribution in [-0.2, 0) is 16.1 Å². The number of benzene rings is 1. The third-order valence-corrected chi connectivity index (χ3v) is 4.54. The van der Waals surface area contributed by atoms with E-state index in [0.29, 0.717) is 55.3 Å². The predicted molar refractivity (Wildman–Crippen MR) is 110 cm³/mol. The summed E-state index contributed by atoms with van der Waals surface area (Å²) in [4.78, 5) is 19.1. The summed E-state index contributed by atoms with van der Waals surface area (Å²) in [5.74, 6) is 2.44. The van der Waals surface area contributed by atoms with Gasteiger partial charge in [-0.2, -0.15) is 5.10 Å². The van der Waals surface area contributed by atoms with Crippen molar-refractivity contribution in [2.24, 2.45) is 0 Å². The second-order valence-electron chi connectivity index (χ2n) is 6.69. The Morgan fingerprint density at radius 2 is 1.83 bits per heavy atom. The van der Waals surface area contributed by atoms with Crippen LogP contribution in [0.2, 0.25) is 0 Å². The van der Waals surface area contributed by atoms with Crippen molar-refractivity contribution in [2.75, 3.05) is 49.7 Å². The van der Waals surface area contributed by atoms with E-state index in [0.717, 1.165) is 18.8 Å². The fraction of sp³-hybridized carbons (Fsp3) is 0.550. The van der Waals surface area contributed by atoms with Crippen LogP contribution in [0, 0.1) is 13.8 Å². The zero-order valence-corrected chi connectivity index (χ0v) is 17.5. The van der Waals surface area contributed by atoms with E-state index in [1.54, 1.807) is 11.6 Å². The van der Waals surface area contributed by atoms with Crippen molar-refractivity contribution < 1.29 is 19.0 Å². The molecule has 2 heterocycles. The standard InChI is InChI=1S/C20H29N5O4/c1-5-28-18-12-17(24-7-9-27-10-8-24)19(29-6-2)11-16(18)22-20(26)13-25-15(4)21-14(3)23-25/h11-12H,5-10,13H2,1-4H3,(H,22,26). The quantitative estimate of drug-likeness (QED) is 0.722. The van der Waals surface area contributed by atoms with E-state index in [1.165, 1.54) is 0 Å². The molecule has 1 aliphatic heterocycles. The number of nitrogens with zero attached hydrogens (tertiary/aromatic N) is 4. The first-order chi connectivity index (χ1) is 14.0. The molecular formula is C20H29N5O4. The molecule has 1 fully saturated rings. The van der Waals surface area contributed by atoms with E-state index in [9.17, 15) is 4.79 Å². The van der Waals surface area contributed by atoms with Crippen LogP contribution in [0.15, 0.2) is 12.1 Å². The number of anilines is 2. The van der Waals surface area contributed by atoms with Crippen molar-refractivity contribution in [3.63, 3.8) is 0 Å². The van der Waals surface area contributed by atoms with Crippen LogP contribution in [-0.4, -0.2) is 60.2 Å². The highest BCUT2D eigenvalue weighted by molar-refractivity contribution is 5.93. The summed E-state index contributed by atoms with van der Waals surface area (Å²) < 4.78 is 18.7. The fourth-order valence-corrected chi connectivity index (χ4v) is 3.28. The monoisotopic (exact) mass is 403 g/mol. The minimum atomic E-state index is -0.208. The van der Waals surface area contributed by atoms with Crippen LogP contribution in [0.5, 0.6) is 11.5 Å². The van der Waals surface area contributed by atoms with Crippen LogP contribution >= 0.6 is 0 Å². The molecule has 1 amide bonds. The van der Waals surface area contributed by atoms with E-state index in [-0.39, 0.29) is 12.5 Å². The van der Waals surface area contributed by atoms with Gasteiger partial charge >= 0.3 is 0 Å². The average Bonchev–Trinajstić information content (AvgIpc) is 3.01. The Morgan fingerprint density at radius 1 is 1.14 bits per heavy atom. The maximum atomic E-state index is 12.6. The third kappa shape index (κ3) is 5.17. The average molecular weight is 403 g/mol. The Labute approximate surface area is 171 Å². The van der Waals surface area contributed by atoms with E-state index in [2.05, 4.69) is 20.3 Å². The zero-order valence-electron chi connectivity index (χ0n) is 17.5. The van der Waals surface area contributed by atoms with Gasteiger partial charge in [0.2, 0.25) is 5.91 Å². The van der Waals surface area contributed by atoms with E-state index in [1.807, 2.05) is 32.9 Å². The third-order valence-electron chi connectivity index (χ3n) is 4.54. The number of amides is 1. The zero-order chi connectivity index (χ0) is 20.8. The van der Waals surface area contributed by atoms with Gasteiger partial charge in [0.15, 0.2) is 0 Å². The Morgan fingerprint density at radius 3 is 2.45 bits per heavy atom. The van der Waals surface area contributed by atoms with Gasteiger partial charge in [0.05, 0.1) is 37.8 Å². The molecule has 2 aromatic rings. The van der Waals surface area contributed by atoms with Gasteiger partial charge in [0.1, 0.15) is 29.7 Å². The molecule has 1 aliphatic rings. The lowest BCUT2D eigenvalue weighted by molar-refractivity contribution is -0.117. The van der Waals surface area contributed by atoms with E-state index < -0.39 is 0 Å². The molecule has 9 heteroatoms. The molecule has 1 aromatic heterocycles.